The van der Waals surface area contributed by atoms with Crippen molar-refractivity contribution in [2.75, 3.05) is 39.3 Å². The van der Waals surface area contributed by atoms with E-state index in [-0.39, 0.29) is 11.3 Å². The van der Waals surface area contributed by atoms with Gasteiger partial charge in [-0.15, -0.1) is 0 Å². The first-order valence-electron chi connectivity index (χ1n) is 11.7. The monoisotopic (exact) mass is 422 g/mol. The number of rotatable bonds is 3. The largest absolute Gasteiger partial charge is 0.361 e. The predicted molar refractivity (Wildman–Crippen MR) is 120 cm³/mol. The Hall–Kier alpha value is -2.18. The van der Waals surface area contributed by atoms with Crippen LogP contribution in [0.15, 0.2) is 28.8 Å². The van der Waals surface area contributed by atoms with Gasteiger partial charge in [-0.3, -0.25) is 4.79 Å². The Labute approximate surface area is 185 Å². The molecule has 2 saturated heterocycles. The van der Waals surface area contributed by atoms with E-state index in [1.54, 1.807) is 0 Å². The predicted octanol–water partition coefficient (Wildman–Crippen LogP) is 3.18. The topological polar surface area (TPSA) is 61.6 Å². The molecule has 0 bridgehead atoms. The normalized spacial score (nSPS) is 26.8. The zero-order chi connectivity index (χ0) is 21.4. The van der Waals surface area contributed by atoms with Crippen LogP contribution in [-0.4, -0.2) is 60.1 Å². The van der Waals surface area contributed by atoms with Crippen LogP contribution >= 0.6 is 0 Å². The second-order valence-corrected chi connectivity index (χ2v) is 10.0. The number of amides is 1. The van der Waals surface area contributed by atoms with Crippen LogP contribution in [0.1, 0.15) is 52.2 Å². The fraction of sp³-hybridized carbons (Fsp3) is 0.600. The van der Waals surface area contributed by atoms with Crippen LogP contribution in [0.25, 0.3) is 0 Å². The first-order chi connectivity index (χ1) is 15.0. The lowest BCUT2D eigenvalue weighted by atomic mass is 9.74. The highest BCUT2D eigenvalue weighted by molar-refractivity contribution is 5.96. The van der Waals surface area contributed by atoms with Crippen molar-refractivity contribution >= 4 is 5.91 Å². The van der Waals surface area contributed by atoms with Gasteiger partial charge in [-0.05, 0) is 76.2 Å². The van der Waals surface area contributed by atoms with Crippen LogP contribution in [0.2, 0.25) is 0 Å². The maximum absolute atomic E-state index is 13.7. The molecule has 2 fully saturated rings. The zero-order valence-electron chi connectivity index (χ0n) is 18.8. The van der Waals surface area contributed by atoms with Crippen molar-refractivity contribution in [1.82, 2.24) is 20.3 Å². The Morgan fingerprint density at radius 2 is 2.10 bits per heavy atom. The summed E-state index contributed by atoms with van der Waals surface area (Å²) in [7, 11) is 0. The fourth-order valence-corrected chi connectivity index (χ4v) is 6.08. The van der Waals surface area contributed by atoms with Gasteiger partial charge in [-0.2, -0.15) is 0 Å². The summed E-state index contributed by atoms with van der Waals surface area (Å²) >= 11 is 0. The van der Waals surface area contributed by atoms with Crippen LogP contribution in [0, 0.1) is 25.2 Å². The molecule has 0 saturated carbocycles. The van der Waals surface area contributed by atoms with Crippen molar-refractivity contribution < 1.29 is 9.32 Å². The summed E-state index contributed by atoms with van der Waals surface area (Å²) in [6, 6.07) is 8.69. The molecule has 1 aromatic carbocycles. The number of piperidine rings is 1. The molecule has 1 amide bonds. The molecule has 2 atom stereocenters. The van der Waals surface area contributed by atoms with Crippen molar-refractivity contribution in [2.24, 2.45) is 11.3 Å². The summed E-state index contributed by atoms with van der Waals surface area (Å²) in [5, 5.41) is 7.55. The van der Waals surface area contributed by atoms with E-state index in [1.165, 1.54) is 43.5 Å². The van der Waals surface area contributed by atoms with Crippen molar-refractivity contribution in [3.8, 4) is 0 Å². The molecular weight excluding hydrogens is 388 g/mol. The SMILES string of the molecule is Cc1noc(C)c1C(=O)N1Cc2ccccc2CC2(CCCN(CC3CCNC3)C2)C1. The molecule has 3 aliphatic heterocycles. The van der Waals surface area contributed by atoms with Gasteiger partial charge in [0.05, 0.1) is 5.69 Å². The lowest BCUT2D eigenvalue weighted by Crippen LogP contribution is -2.51. The summed E-state index contributed by atoms with van der Waals surface area (Å²) in [5.74, 6) is 1.44. The molecule has 6 heteroatoms. The quantitative estimate of drug-likeness (QED) is 0.823. The van der Waals surface area contributed by atoms with E-state index in [1.807, 2.05) is 13.8 Å². The van der Waals surface area contributed by atoms with E-state index in [2.05, 4.69) is 44.5 Å². The number of hydrogen-bond donors (Lipinski definition) is 1. The molecule has 1 aromatic heterocycles. The number of benzene rings is 1. The molecule has 166 valence electrons. The highest BCUT2D eigenvalue weighted by atomic mass is 16.5. The lowest BCUT2D eigenvalue weighted by molar-refractivity contribution is 0.0368. The van der Waals surface area contributed by atoms with Gasteiger partial charge in [0, 0.05) is 31.6 Å². The van der Waals surface area contributed by atoms with Crippen molar-refractivity contribution in [1.29, 1.82) is 0 Å². The Morgan fingerprint density at radius 1 is 1.26 bits per heavy atom. The molecule has 6 nitrogen and oxygen atoms in total. The maximum atomic E-state index is 13.7. The van der Waals surface area contributed by atoms with E-state index >= 15 is 0 Å². The van der Waals surface area contributed by atoms with Crippen LogP contribution in [0.5, 0.6) is 0 Å². The third kappa shape index (κ3) is 4.15. The van der Waals surface area contributed by atoms with Crippen LogP contribution < -0.4 is 5.32 Å². The number of likely N-dealkylation sites (tertiary alicyclic amines) is 1. The maximum Gasteiger partial charge on any atom is 0.259 e. The van der Waals surface area contributed by atoms with Crippen molar-refractivity contribution in [3.63, 3.8) is 0 Å². The van der Waals surface area contributed by atoms with Gasteiger partial charge in [-0.25, -0.2) is 0 Å². The number of hydrogen-bond acceptors (Lipinski definition) is 5. The first-order valence-corrected chi connectivity index (χ1v) is 11.7. The smallest absolute Gasteiger partial charge is 0.259 e. The number of nitrogens with one attached hydrogen (secondary N) is 1. The van der Waals surface area contributed by atoms with Crippen molar-refractivity contribution in [2.45, 2.75) is 46.1 Å². The van der Waals surface area contributed by atoms with Crippen LogP contribution in [0.3, 0.4) is 0 Å². The second-order valence-electron chi connectivity index (χ2n) is 10.0. The number of nitrogens with zero attached hydrogens (tertiary/aromatic N) is 3. The van der Waals surface area contributed by atoms with Crippen molar-refractivity contribution in [3.05, 3.63) is 52.4 Å². The minimum Gasteiger partial charge on any atom is -0.361 e. The number of carbonyl (C=O) groups is 1. The average Bonchev–Trinajstić information content (AvgIpc) is 3.34. The molecule has 2 unspecified atom stereocenters. The molecule has 4 heterocycles. The van der Waals surface area contributed by atoms with E-state index in [0.29, 0.717) is 23.6 Å². The summed E-state index contributed by atoms with van der Waals surface area (Å²) in [4.78, 5) is 18.4. The van der Waals surface area contributed by atoms with Gasteiger partial charge in [0.1, 0.15) is 11.3 Å². The standard InChI is InChI=1S/C25H34N4O2/c1-18-23(19(2)31-27-18)24(30)29-15-22-7-4-3-6-21(22)12-25(17-29)9-5-11-28(16-25)14-20-8-10-26-13-20/h3-4,6-7,20,26H,5,8-17H2,1-2H3. The second kappa shape index (κ2) is 8.40. The van der Waals surface area contributed by atoms with E-state index in [4.69, 9.17) is 4.52 Å². The average molecular weight is 423 g/mol. The zero-order valence-corrected chi connectivity index (χ0v) is 18.8. The molecule has 2 aromatic rings. The van der Waals surface area contributed by atoms with Crippen LogP contribution in [-0.2, 0) is 13.0 Å². The minimum absolute atomic E-state index is 0.0597. The van der Waals surface area contributed by atoms with Gasteiger partial charge < -0.3 is 19.6 Å². The van der Waals surface area contributed by atoms with Gasteiger partial charge in [0.15, 0.2) is 0 Å². The number of fused-ring (bicyclic) bond motifs is 1. The number of aromatic nitrogens is 1. The molecule has 1 spiro atoms. The van der Waals surface area contributed by atoms with E-state index in [0.717, 1.165) is 38.5 Å². The van der Waals surface area contributed by atoms with E-state index in [9.17, 15) is 4.79 Å². The Balaban J connectivity index is 1.44. The Bertz CT molecular complexity index is 929. The molecule has 0 aliphatic carbocycles. The third-order valence-corrected chi connectivity index (χ3v) is 7.53. The highest BCUT2D eigenvalue weighted by Gasteiger charge is 2.41. The van der Waals surface area contributed by atoms with E-state index < -0.39 is 0 Å². The molecule has 3 aliphatic rings. The molecule has 5 rings (SSSR count). The third-order valence-electron chi connectivity index (χ3n) is 7.53. The number of carbonyl (C=O) groups excluding carboxylic acids is 1. The molecule has 1 N–H and O–H groups in total. The molecular formula is C25H34N4O2. The van der Waals surface area contributed by atoms with Crippen LogP contribution in [0.4, 0.5) is 0 Å². The van der Waals surface area contributed by atoms with Gasteiger partial charge in [0.2, 0.25) is 0 Å². The molecule has 31 heavy (non-hydrogen) atoms. The lowest BCUT2D eigenvalue weighted by Gasteiger charge is -2.45. The molecule has 0 radical (unpaired) electrons. The minimum atomic E-state index is 0.0597. The van der Waals surface area contributed by atoms with Gasteiger partial charge in [0.25, 0.3) is 5.91 Å². The Morgan fingerprint density at radius 3 is 2.84 bits per heavy atom. The fourth-order valence-electron chi connectivity index (χ4n) is 6.08. The first kappa shape index (κ1) is 20.7. The Kier molecular flexibility index (Phi) is 5.61. The summed E-state index contributed by atoms with van der Waals surface area (Å²) in [5.41, 5.74) is 4.11. The van der Waals surface area contributed by atoms with Gasteiger partial charge >= 0.3 is 0 Å². The van der Waals surface area contributed by atoms with Gasteiger partial charge in [-0.1, -0.05) is 29.4 Å². The highest BCUT2D eigenvalue weighted by Crippen LogP contribution is 2.39. The number of aryl methyl sites for hydroxylation is 2. The summed E-state index contributed by atoms with van der Waals surface area (Å²) in [6.07, 6.45) is 4.71. The summed E-state index contributed by atoms with van der Waals surface area (Å²) < 4.78 is 5.32. The summed E-state index contributed by atoms with van der Waals surface area (Å²) in [6.45, 7) is 10.9.